The summed E-state index contributed by atoms with van der Waals surface area (Å²) in [6, 6.07) is -0.455. The van der Waals surface area contributed by atoms with Gasteiger partial charge in [-0.1, -0.05) is 0 Å². The zero-order valence-corrected chi connectivity index (χ0v) is 11.5. The van der Waals surface area contributed by atoms with Gasteiger partial charge in [-0.3, -0.25) is 0 Å². The molecule has 2 amide bonds. The highest BCUT2D eigenvalue weighted by atomic mass is 16.5. The molecule has 2 saturated heterocycles. The van der Waals surface area contributed by atoms with E-state index < -0.39 is 17.5 Å². The third kappa shape index (κ3) is 3.83. The smallest absolute Gasteiger partial charge is 0.329 e. The van der Waals surface area contributed by atoms with Crippen LogP contribution in [0.4, 0.5) is 4.79 Å². The molecule has 7 nitrogen and oxygen atoms in total. The van der Waals surface area contributed by atoms with Gasteiger partial charge in [0.2, 0.25) is 0 Å². The third-order valence-electron chi connectivity index (χ3n) is 3.87. The van der Waals surface area contributed by atoms with Crippen LogP contribution in [0.25, 0.3) is 0 Å². The summed E-state index contributed by atoms with van der Waals surface area (Å²) < 4.78 is 10.7. The van der Waals surface area contributed by atoms with Gasteiger partial charge in [0.05, 0.1) is 6.10 Å². The molecule has 0 radical (unpaired) electrons. The van der Waals surface area contributed by atoms with Crippen molar-refractivity contribution < 1.29 is 24.2 Å². The number of hydrogen-bond acceptors (Lipinski definition) is 4. The minimum atomic E-state index is -1.21. The number of ether oxygens (including phenoxy) is 2. The van der Waals surface area contributed by atoms with Gasteiger partial charge in [-0.25, -0.2) is 9.59 Å². The standard InChI is InChI=1S/C13H22N2O5/c16-11(17)13(4-7-19-8-5-13)15-12(18)14-9-10-3-1-2-6-20-10/h10H,1-9H2,(H,16,17)(H2,14,15,18). The van der Waals surface area contributed by atoms with E-state index in [1.165, 1.54) is 0 Å². The molecule has 1 unspecified atom stereocenters. The summed E-state index contributed by atoms with van der Waals surface area (Å²) in [7, 11) is 0. The normalized spacial score (nSPS) is 25.7. The second kappa shape index (κ2) is 6.90. The van der Waals surface area contributed by atoms with Gasteiger partial charge in [0, 0.05) is 39.2 Å². The van der Waals surface area contributed by atoms with E-state index in [0.717, 1.165) is 25.9 Å². The Balaban J connectivity index is 1.80. The highest BCUT2D eigenvalue weighted by molar-refractivity contribution is 5.86. The van der Waals surface area contributed by atoms with Crippen molar-refractivity contribution in [3.05, 3.63) is 0 Å². The van der Waals surface area contributed by atoms with Crippen molar-refractivity contribution in [2.45, 2.75) is 43.7 Å². The molecule has 7 heteroatoms. The first-order chi connectivity index (χ1) is 9.62. The number of aliphatic carboxylic acids is 1. The molecule has 3 N–H and O–H groups in total. The lowest BCUT2D eigenvalue weighted by Gasteiger charge is -2.34. The first kappa shape index (κ1) is 15.1. The monoisotopic (exact) mass is 286 g/mol. The number of carboxylic acids is 1. The van der Waals surface area contributed by atoms with E-state index in [0.29, 0.717) is 19.8 Å². The van der Waals surface area contributed by atoms with E-state index in [9.17, 15) is 14.7 Å². The lowest BCUT2D eigenvalue weighted by molar-refractivity contribution is -0.148. The fourth-order valence-electron chi connectivity index (χ4n) is 2.55. The SMILES string of the molecule is O=C(NCC1CCCCO1)NC1(C(=O)O)CCOCC1. The van der Waals surface area contributed by atoms with Crippen molar-refractivity contribution in [2.24, 2.45) is 0 Å². The number of urea groups is 1. The molecule has 114 valence electrons. The van der Waals surface area contributed by atoms with E-state index in [1.54, 1.807) is 0 Å². The quantitative estimate of drug-likeness (QED) is 0.699. The summed E-state index contributed by atoms with van der Waals surface area (Å²) in [5.74, 6) is -1.01. The molecule has 0 bridgehead atoms. The summed E-state index contributed by atoms with van der Waals surface area (Å²) in [4.78, 5) is 23.3. The Labute approximate surface area is 118 Å². The average Bonchev–Trinajstić information content (AvgIpc) is 2.47. The second-order valence-electron chi connectivity index (χ2n) is 5.32. The minimum absolute atomic E-state index is 0.0324. The molecule has 20 heavy (non-hydrogen) atoms. The molecule has 0 aliphatic carbocycles. The predicted octanol–water partition coefficient (Wildman–Crippen LogP) is 0.488. The highest BCUT2D eigenvalue weighted by Crippen LogP contribution is 2.21. The largest absolute Gasteiger partial charge is 0.480 e. The molecule has 0 saturated carbocycles. The predicted molar refractivity (Wildman–Crippen MR) is 70.5 cm³/mol. The van der Waals surface area contributed by atoms with Crippen molar-refractivity contribution in [1.82, 2.24) is 10.6 Å². The van der Waals surface area contributed by atoms with E-state index in [4.69, 9.17) is 9.47 Å². The minimum Gasteiger partial charge on any atom is -0.480 e. The maximum atomic E-state index is 11.9. The number of rotatable bonds is 4. The van der Waals surface area contributed by atoms with E-state index in [1.807, 2.05) is 0 Å². The van der Waals surface area contributed by atoms with Gasteiger partial charge in [-0.15, -0.1) is 0 Å². The van der Waals surface area contributed by atoms with Gasteiger partial charge in [-0.05, 0) is 19.3 Å². The Hall–Kier alpha value is -1.34. The van der Waals surface area contributed by atoms with Gasteiger partial charge in [0.1, 0.15) is 5.54 Å². The highest BCUT2D eigenvalue weighted by Gasteiger charge is 2.41. The van der Waals surface area contributed by atoms with Crippen molar-refractivity contribution in [1.29, 1.82) is 0 Å². The first-order valence-electron chi connectivity index (χ1n) is 7.11. The molecule has 0 aromatic rings. The van der Waals surface area contributed by atoms with Crippen molar-refractivity contribution in [2.75, 3.05) is 26.4 Å². The zero-order valence-electron chi connectivity index (χ0n) is 11.5. The molecule has 0 aromatic heterocycles. The number of nitrogens with one attached hydrogen (secondary N) is 2. The van der Waals surface area contributed by atoms with Crippen LogP contribution in [0.1, 0.15) is 32.1 Å². The van der Waals surface area contributed by atoms with Crippen molar-refractivity contribution in [3.8, 4) is 0 Å². The number of carboxylic acid groups (broad SMARTS) is 1. The van der Waals surface area contributed by atoms with Gasteiger partial charge in [0.15, 0.2) is 0 Å². The summed E-state index contributed by atoms with van der Waals surface area (Å²) >= 11 is 0. The van der Waals surface area contributed by atoms with Gasteiger partial charge in [0.25, 0.3) is 0 Å². The van der Waals surface area contributed by atoms with Gasteiger partial charge in [-0.2, -0.15) is 0 Å². The Morgan fingerprint density at radius 1 is 1.20 bits per heavy atom. The average molecular weight is 286 g/mol. The molecule has 2 rings (SSSR count). The molecule has 0 aromatic carbocycles. The summed E-state index contributed by atoms with van der Waals surface area (Å²) in [5, 5.41) is 14.6. The Morgan fingerprint density at radius 3 is 2.55 bits per heavy atom. The van der Waals surface area contributed by atoms with Crippen LogP contribution in [0.3, 0.4) is 0 Å². The summed E-state index contributed by atoms with van der Waals surface area (Å²) in [5.41, 5.74) is -1.21. The Bertz CT molecular complexity index is 349. The van der Waals surface area contributed by atoms with Crippen LogP contribution in [0.5, 0.6) is 0 Å². The van der Waals surface area contributed by atoms with Crippen molar-refractivity contribution >= 4 is 12.0 Å². The van der Waals surface area contributed by atoms with Gasteiger partial charge >= 0.3 is 12.0 Å². The fraction of sp³-hybridized carbons (Fsp3) is 0.846. The van der Waals surface area contributed by atoms with Crippen LogP contribution in [0, 0.1) is 0 Å². The maximum Gasteiger partial charge on any atom is 0.329 e. The topological polar surface area (TPSA) is 96.9 Å². The fourth-order valence-corrected chi connectivity index (χ4v) is 2.55. The Kier molecular flexibility index (Phi) is 5.19. The van der Waals surface area contributed by atoms with Crippen LogP contribution >= 0.6 is 0 Å². The molecule has 2 aliphatic heterocycles. The van der Waals surface area contributed by atoms with Crippen molar-refractivity contribution in [3.63, 3.8) is 0 Å². The number of hydrogen-bond donors (Lipinski definition) is 3. The molecule has 1 atom stereocenters. The van der Waals surface area contributed by atoms with E-state index in [2.05, 4.69) is 10.6 Å². The third-order valence-corrected chi connectivity index (χ3v) is 3.87. The lowest BCUT2D eigenvalue weighted by atomic mass is 9.90. The van der Waals surface area contributed by atoms with Crippen LogP contribution in [-0.2, 0) is 14.3 Å². The van der Waals surface area contributed by atoms with Crippen LogP contribution < -0.4 is 10.6 Å². The molecular formula is C13H22N2O5. The summed E-state index contributed by atoms with van der Waals surface area (Å²) in [6.45, 7) is 1.83. The maximum absolute atomic E-state index is 11.9. The first-order valence-corrected chi connectivity index (χ1v) is 7.11. The van der Waals surface area contributed by atoms with Crippen LogP contribution in [0.15, 0.2) is 0 Å². The van der Waals surface area contributed by atoms with E-state index >= 15 is 0 Å². The molecule has 0 spiro atoms. The summed E-state index contributed by atoms with van der Waals surface area (Å²) in [6.07, 6.45) is 3.70. The molecule has 2 heterocycles. The van der Waals surface area contributed by atoms with Gasteiger partial charge < -0.3 is 25.2 Å². The number of carbonyl (C=O) groups excluding carboxylic acids is 1. The Morgan fingerprint density at radius 2 is 1.95 bits per heavy atom. The molecular weight excluding hydrogens is 264 g/mol. The molecule has 2 aliphatic rings. The second-order valence-corrected chi connectivity index (χ2v) is 5.32. The zero-order chi connectivity index (χ0) is 14.4. The number of amides is 2. The lowest BCUT2D eigenvalue weighted by Crippen LogP contribution is -2.60. The number of carbonyl (C=O) groups is 2. The molecule has 2 fully saturated rings. The van der Waals surface area contributed by atoms with Crippen LogP contribution in [0.2, 0.25) is 0 Å². The van der Waals surface area contributed by atoms with E-state index in [-0.39, 0.29) is 18.9 Å². The van der Waals surface area contributed by atoms with Crippen LogP contribution in [-0.4, -0.2) is 55.1 Å².